The van der Waals surface area contributed by atoms with Gasteiger partial charge in [0.25, 0.3) is 0 Å². The lowest BCUT2D eigenvalue weighted by Gasteiger charge is -2.14. The lowest BCUT2D eigenvalue weighted by Crippen LogP contribution is -2.18. The Labute approximate surface area is 101 Å². The number of carbonyl (C=O) groups is 1. The molecule has 1 unspecified atom stereocenters. The van der Waals surface area contributed by atoms with E-state index in [1.807, 2.05) is 19.1 Å². The number of ether oxygens (including phenoxy) is 1. The molecular formula is C12H16ClNO2. The van der Waals surface area contributed by atoms with Gasteiger partial charge in [-0.1, -0.05) is 17.7 Å². The molecule has 0 saturated carbocycles. The second kappa shape index (κ2) is 5.87. The summed E-state index contributed by atoms with van der Waals surface area (Å²) in [5.74, 6) is -0.274. The van der Waals surface area contributed by atoms with Crippen molar-refractivity contribution < 1.29 is 9.53 Å². The van der Waals surface area contributed by atoms with Gasteiger partial charge in [0, 0.05) is 11.1 Å². The van der Waals surface area contributed by atoms with Gasteiger partial charge in [-0.3, -0.25) is 4.79 Å². The molecule has 0 aromatic heterocycles. The lowest BCUT2D eigenvalue weighted by atomic mass is 10.00. The molecule has 0 bridgehead atoms. The van der Waals surface area contributed by atoms with Crippen LogP contribution in [0, 0.1) is 6.92 Å². The predicted octanol–water partition coefficient (Wildman–Crippen LogP) is 2.60. The third-order valence-electron chi connectivity index (χ3n) is 2.32. The normalized spacial score (nSPS) is 12.2. The molecule has 0 amide bonds. The van der Waals surface area contributed by atoms with Gasteiger partial charge in [0.2, 0.25) is 0 Å². The van der Waals surface area contributed by atoms with Crippen LogP contribution in [0.2, 0.25) is 5.02 Å². The first-order valence-corrected chi connectivity index (χ1v) is 5.59. The monoisotopic (exact) mass is 241 g/mol. The predicted molar refractivity (Wildman–Crippen MR) is 64.4 cm³/mol. The van der Waals surface area contributed by atoms with Gasteiger partial charge in [-0.05, 0) is 37.1 Å². The van der Waals surface area contributed by atoms with Gasteiger partial charge in [0.15, 0.2) is 0 Å². The smallest absolute Gasteiger partial charge is 0.307 e. The number of benzene rings is 1. The van der Waals surface area contributed by atoms with Crippen LogP contribution in [-0.2, 0) is 9.53 Å². The standard InChI is InChI=1S/C12H16ClNO2/c1-3-16-12(15)7-11(14)10-5-4-9(13)6-8(10)2/h4-6,11H,3,7,14H2,1-2H3. The second-order valence-corrected chi connectivity index (χ2v) is 4.05. The number of carbonyl (C=O) groups excluding carboxylic acids is 1. The van der Waals surface area contributed by atoms with Crippen molar-refractivity contribution in [2.24, 2.45) is 5.73 Å². The molecule has 1 rings (SSSR count). The van der Waals surface area contributed by atoms with Gasteiger partial charge in [0.1, 0.15) is 0 Å². The van der Waals surface area contributed by atoms with Crippen LogP contribution in [0.3, 0.4) is 0 Å². The molecule has 0 aliphatic rings. The number of aryl methyl sites for hydroxylation is 1. The van der Waals surface area contributed by atoms with E-state index in [1.54, 1.807) is 13.0 Å². The molecule has 0 fully saturated rings. The van der Waals surface area contributed by atoms with Crippen LogP contribution >= 0.6 is 11.6 Å². The summed E-state index contributed by atoms with van der Waals surface area (Å²) in [6.45, 7) is 4.08. The summed E-state index contributed by atoms with van der Waals surface area (Å²) in [4.78, 5) is 11.3. The minimum atomic E-state index is -0.337. The Morgan fingerprint density at radius 1 is 1.56 bits per heavy atom. The van der Waals surface area contributed by atoms with Crippen LogP contribution in [0.4, 0.5) is 0 Å². The highest BCUT2D eigenvalue weighted by atomic mass is 35.5. The van der Waals surface area contributed by atoms with E-state index >= 15 is 0 Å². The molecule has 16 heavy (non-hydrogen) atoms. The molecule has 1 aromatic rings. The van der Waals surface area contributed by atoms with Gasteiger partial charge >= 0.3 is 5.97 Å². The van der Waals surface area contributed by atoms with Crippen LogP contribution in [0.5, 0.6) is 0 Å². The fourth-order valence-electron chi connectivity index (χ4n) is 1.56. The zero-order chi connectivity index (χ0) is 12.1. The lowest BCUT2D eigenvalue weighted by molar-refractivity contribution is -0.143. The van der Waals surface area contributed by atoms with E-state index in [2.05, 4.69) is 0 Å². The average Bonchev–Trinajstić information content (AvgIpc) is 2.17. The fourth-order valence-corrected chi connectivity index (χ4v) is 1.79. The summed E-state index contributed by atoms with van der Waals surface area (Å²) in [6, 6.07) is 5.12. The summed E-state index contributed by atoms with van der Waals surface area (Å²) < 4.78 is 4.85. The number of rotatable bonds is 4. The molecule has 1 atom stereocenters. The third kappa shape index (κ3) is 3.51. The maximum atomic E-state index is 11.3. The van der Waals surface area contributed by atoms with Crippen LogP contribution in [-0.4, -0.2) is 12.6 Å². The first-order chi connectivity index (χ1) is 7.54. The number of esters is 1. The van der Waals surface area contributed by atoms with E-state index in [1.165, 1.54) is 0 Å². The molecule has 0 aliphatic carbocycles. The van der Waals surface area contributed by atoms with Gasteiger partial charge in [-0.15, -0.1) is 0 Å². The zero-order valence-corrected chi connectivity index (χ0v) is 10.3. The largest absolute Gasteiger partial charge is 0.466 e. The highest BCUT2D eigenvalue weighted by Gasteiger charge is 2.14. The number of nitrogens with two attached hydrogens (primary N) is 1. The first kappa shape index (κ1) is 13.0. The van der Waals surface area contributed by atoms with Crippen molar-refractivity contribution in [1.29, 1.82) is 0 Å². The van der Waals surface area contributed by atoms with E-state index in [9.17, 15) is 4.79 Å². The van der Waals surface area contributed by atoms with Crippen molar-refractivity contribution in [2.45, 2.75) is 26.3 Å². The molecule has 0 radical (unpaired) electrons. The quantitative estimate of drug-likeness (QED) is 0.825. The molecule has 0 aliphatic heterocycles. The molecule has 4 heteroatoms. The Hall–Kier alpha value is -1.06. The van der Waals surface area contributed by atoms with Crippen LogP contribution in [0.25, 0.3) is 0 Å². The Balaban J connectivity index is 2.72. The maximum absolute atomic E-state index is 11.3. The van der Waals surface area contributed by atoms with Crippen molar-refractivity contribution in [2.75, 3.05) is 6.61 Å². The van der Waals surface area contributed by atoms with Crippen molar-refractivity contribution in [3.05, 3.63) is 34.3 Å². The van der Waals surface area contributed by atoms with Crippen LogP contribution in [0.1, 0.15) is 30.5 Å². The summed E-state index contributed by atoms with van der Waals surface area (Å²) in [7, 11) is 0. The minimum absolute atomic E-state index is 0.191. The molecule has 0 heterocycles. The number of halogens is 1. The van der Waals surface area contributed by atoms with E-state index in [4.69, 9.17) is 22.1 Å². The minimum Gasteiger partial charge on any atom is -0.466 e. The Kier molecular flexibility index (Phi) is 4.77. The molecule has 0 spiro atoms. The van der Waals surface area contributed by atoms with Crippen LogP contribution in [0.15, 0.2) is 18.2 Å². The highest BCUT2D eigenvalue weighted by molar-refractivity contribution is 6.30. The van der Waals surface area contributed by atoms with Gasteiger partial charge in [-0.25, -0.2) is 0 Å². The van der Waals surface area contributed by atoms with Gasteiger partial charge in [0.05, 0.1) is 13.0 Å². The average molecular weight is 242 g/mol. The van der Waals surface area contributed by atoms with Gasteiger partial charge in [-0.2, -0.15) is 0 Å². The molecule has 1 aromatic carbocycles. The number of hydrogen-bond donors (Lipinski definition) is 1. The number of hydrogen-bond acceptors (Lipinski definition) is 3. The summed E-state index contributed by atoms with van der Waals surface area (Å²) in [6.07, 6.45) is 0.191. The molecule has 88 valence electrons. The molecule has 0 saturated heterocycles. The van der Waals surface area contributed by atoms with E-state index in [0.717, 1.165) is 11.1 Å². The first-order valence-electron chi connectivity index (χ1n) is 5.21. The molecular weight excluding hydrogens is 226 g/mol. The van der Waals surface area contributed by atoms with E-state index < -0.39 is 0 Å². The van der Waals surface area contributed by atoms with E-state index in [-0.39, 0.29) is 18.4 Å². The zero-order valence-electron chi connectivity index (χ0n) is 9.50. The maximum Gasteiger partial charge on any atom is 0.307 e. The highest BCUT2D eigenvalue weighted by Crippen LogP contribution is 2.22. The Morgan fingerprint density at radius 3 is 2.81 bits per heavy atom. The summed E-state index contributed by atoms with van der Waals surface area (Å²) >= 11 is 5.84. The van der Waals surface area contributed by atoms with Crippen molar-refractivity contribution in [1.82, 2.24) is 0 Å². The van der Waals surface area contributed by atoms with Crippen molar-refractivity contribution in [3.63, 3.8) is 0 Å². The van der Waals surface area contributed by atoms with Crippen molar-refractivity contribution >= 4 is 17.6 Å². The molecule has 3 nitrogen and oxygen atoms in total. The Bertz CT molecular complexity index is 379. The van der Waals surface area contributed by atoms with E-state index in [0.29, 0.717) is 11.6 Å². The van der Waals surface area contributed by atoms with Gasteiger partial charge < -0.3 is 10.5 Å². The summed E-state index contributed by atoms with van der Waals surface area (Å²) in [5.41, 5.74) is 7.85. The second-order valence-electron chi connectivity index (χ2n) is 3.62. The SMILES string of the molecule is CCOC(=O)CC(N)c1ccc(Cl)cc1C. The van der Waals surface area contributed by atoms with Crippen molar-refractivity contribution in [3.8, 4) is 0 Å². The topological polar surface area (TPSA) is 52.3 Å². The summed E-state index contributed by atoms with van der Waals surface area (Å²) in [5, 5.41) is 0.671. The fraction of sp³-hybridized carbons (Fsp3) is 0.417. The third-order valence-corrected chi connectivity index (χ3v) is 2.56. The Morgan fingerprint density at radius 2 is 2.25 bits per heavy atom. The van der Waals surface area contributed by atoms with Crippen LogP contribution < -0.4 is 5.73 Å². The molecule has 2 N–H and O–H groups in total.